The van der Waals surface area contributed by atoms with Crippen LogP contribution in [0.5, 0.6) is 0 Å². The Morgan fingerprint density at radius 2 is 1.93 bits per heavy atom. The molecule has 0 unspecified atom stereocenters. The Labute approximate surface area is 165 Å². The first-order chi connectivity index (χ1) is 13.3. The minimum Gasteiger partial charge on any atom is -0.384 e. The molecule has 0 radical (unpaired) electrons. The van der Waals surface area contributed by atoms with Gasteiger partial charge < -0.3 is 14.6 Å². The Bertz CT molecular complexity index is 1100. The highest BCUT2D eigenvalue weighted by Crippen LogP contribution is 2.56. The third kappa shape index (κ3) is 2.31. The first kappa shape index (κ1) is 17.3. The molecule has 0 atom stereocenters. The molecule has 4 nitrogen and oxygen atoms in total. The fourth-order valence-corrected chi connectivity index (χ4v) is 4.58. The van der Waals surface area contributed by atoms with Crippen molar-refractivity contribution in [2.75, 3.05) is 7.05 Å². The van der Waals surface area contributed by atoms with E-state index >= 15 is 0 Å². The number of pyridine rings is 1. The van der Waals surface area contributed by atoms with E-state index in [1.165, 1.54) is 11.3 Å². The molecule has 1 saturated carbocycles. The maximum atomic E-state index is 10.6. The minimum atomic E-state index is -1.01. The molecule has 0 amide bonds. The molecule has 3 aromatic rings. The lowest BCUT2D eigenvalue weighted by atomic mass is 9.92. The number of nitrogens with zero attached hydrogens (tertiary/aromatic N) is 3. The fraction of sp³-hybridized carbons (Fsp3) is 0.292. The van der Waals surface area contributed by atoms with Gasteiger partial charge in [0.25, 0.3) is 0 Å². The topological polar surface area (TPSA) is 41.3 Å². The molecular formula is C24H25N3O. The second-order valence-corrected chi connectivity index (χ2v) is 8.49. The number of fused-ring (bicyclic) bond motifs is 4. The minimum absolute atomic E-state index is 0.0397. The van der Waals surface area contributed by atoms with Gasteiger partial charge in [-0.2, -0.15) is 0 Å². The van der Waals surface area contributed by atoms with Crippen LogP contribution in [0.2, 0.25) is 0 Å². The van der Waals surface area contributed by atoms with Gasteiger partial charge in [0.05, 0.1) is 28.3 Å². The predicted molar refractivity (Wildman–Crippen MR) is 112 cm³/mol. The summed E-state index contributed by atoms with van der Waals surface area (Å²) in [6, 6.07) is 14.8. The molecule has 5 rings (SSSR count). The predicted octanol–water partition coefficient (Wildman–Crippen LogP) is 4.67. The lowest BCUT2D eigenvalue weighted by molar-refractivity contribution is 0.0745. The van der Waals surface area contributed by atoms with Crippen LogP contribution in [0.25, 0.3) is 22.5 Å². The zero-order chi connectivity index (χ0) is 19.7. The molecule has 142 valence electrons. The number of aromatic nitrogens is 2. The van der Waals surface area contributed by atoms with Crippen LogP contribution in [0.1, 0.15) is 43.6 Å². The van der Waals surface area contributed by atoms with Gasteiger partial charge in [-0.15, -0.1) is 0 Å². The Kier molecular flexibility index (Phi) is 3.44. The van der Waals surface area contributed by atoms with E-state index in [0.29, 0.717) is 5.69 Å². The van der Waals surface area contributed by atoms with E-state index in [4.69, 9.17) is 0 Å². The molecule has 2 aliphatic rings. The van der Waals surface area contributed by atoms with Crippen LogP contribution >= 0.6 is 0 Å². The maximum Gasteiger partial charge on any atom is 0.102 e. The quantitative estimate of drug-likeness (QED) is 0.712. The molecule has 0 bridgehead atoms. The first-order valence-corrected chi connectivity index (χ1v) is 9.76. The van der Waals surface area contributed by atoms with E-state index in [1.807, 2.05) is 12.1 Å². The molecule has 1 fully saturated rings. The summed E-state index contributed by atoms with van der Waals surface area (Å²) in [6.07, 6.45) is 6.13. The highest BCUT2D eigenvalue weighted by Gasteiger charge is 2.51. The van der Waals surface area contributed by atoms with Crippen LogP contribution in [-0.2, 0) is 11.1 Å². The summed E-state index contributed by atoms with van der Waals surface area (Å²) < 4.78 is 2.24. The molecule has 1 spiro atoms. The van der Waals surface area contributed by atoms with Gasteiger partial charge in [0.1, 0.15) is 5.60 Å². The molecule has 28 heavy (non-hydrogen) atoms. The van der Waals surface area contributed by atoms with Gasteiger partial charge in [-0.25, -0.2) is 0 Å². The SMILES string of the molecule is C=C1c2cccn2-c2cc(-c3cccnc3C(C)(C)O)ccc2C2(CC2)N1C. The molecule has 3 heterocycles. The highest BCUT2D eigenvalue weighted by atomic mass is 16.3. The smallest absolute Gasteiger partial charge is 0.102 e. The highest BCUT2D eigenvalue weighted by molar-refractivity contribution is 5.74. The Balaban J connectivity index is 1.76. The van der Waals surface area contributed by atoms with Crippen LogP contribution < -0.4 is 0 Å². The molecule has 0 saturated heterocycles. The van der Waals surface area contributed by atoms with Gasteiger partial charge in [-0.3, -0.25) is 4.98 Å². The van der Waals surface area contributed by atoms with Gasteiger partial charge in [0, 0.05) is 30.6 Å². The van der Waals surface area contributed by atoms with Crippen molar-refractivity contribution in [2.45, 2.75) is 37.8 Å². The fourth-order valence-electron chi connectivity index (χ4n) is 4.58. The summed E-state index contributed by atoms with van der Waals surface area (Å²) in [5.74, 6) is 0. The summed E-state index contributed by atoms with van der Waals surface area (Å²) in [5.41, 5.74) is 6.46. The van der Waals surface area contributed by atoms with Gasteiger partial charge in [0.2, 0.25) is 0 Å². The van der Waals surface area contributed by atoms with Gasteiger partial charge >= 0.3 is 0 Å². The number of benzene rings is 1. The Morgan fingerprint density at radius 1 is 1.14 bits per heavy atom. The van der Waals surface area contributed by atoms with Crippen molar-refractivity contribution in [1.29, 1.82) is 0 Å². The van der Waals surface area contributed by atoms with Crippen molar-refractivity contribution in [3.63, 3.8) is 0 Å². The van der Waals surface area contributed by atoms with Gasteiger partial charge in [0.15, 0.2) is 0 Å². The van der Waals surface area contributed by atoms with Crippen LogP contribution in [-0.4, -0.2) is 26.6 Å². The monoisotopic (exact) mass is 371 g/mol. The second kappa shape index (κ2) is 5.58. The molecule has 1 aliphatic carbocycles. The van der Waals surface area contributed by atoms with E-state index in [1.54, 1.807) is 20.0 Å². The van der Waals surface area contributed by atoms with E-state index in [0.717, 1.165) is 35.4 Å². The van der Waals surface area contributed by atoms with E-state index in [-0.39, 0.29) is 5.54 Å². The lowest BCUT2D eigenvalue weighted by Gasteiger charge is -2.30. The summed E-state index contributed by atoms with van der Waals surface area (Å²) in [7, 11) is 2.16. The number of aliphatic hydroxyl groups is 1. The average molecular weight is 371 g/mol. The van der Waals surface area contributed by atoms with Gasteiger partial charge in [-0.05, 0) is 56.5 Å². The van der Waals surface area contributed by atoms with Crippen molar-refractivity contribution >= 4 is 5.70 Å². The van der Waals surface area contributed by atoms with E-state index in [9.17, 15) is 5.11 Å². The van der Waals surface area contributed by atoms with Crippen molar-refractivity contribution in [3.8, 4) is 16.8 Å². The van der Waals surface area contributed by atoms with Crippen LogP contribution in [0.3, 0.4) is 0 Å². The Hall–Kier alpha value is -2.85. The Morgan fingerprint density at radius 3 is 2.64 bits per heavy atom. The van der Waals surface area contributed by atoms with Crippen LogP contribution in [0.15, 0.2) is 61.4 Å². The molecular weight excluding hydrogens is 346 g/mol. The van der Waals surface area contributed by atoms with Crippen molar-refractivity contribution in [1.82, 2.24) is 14.5 Å². The van der Waals surface area contributed by atoms with Crippen LogP contribution in [0.4, 0.5) is 0 Å². The normalized spacial score (nSPS) is 17.3. The third-order valence-electron chi connectivity index (χ3n) is 6.27. The van der Waals surface area contributed by atoms with Crippen molar-refractivity contribution in [3.05, 3.63) is 78.4 Å². The molecule has 1 aliphatic heterocycles. The largest absolute Gasteiger partial charge is 0.384 e. The number of hydrogen-bond acceptors (Lipinski definition) is 3. The number of hydrogen-bond donors (Lipinski definition) is 1. The van der Waals surface area contributed by atoms with Gasteiger partial charge in [-0.1, -0.05) is 24.8 Å². The summed E-state index contributed by atoms with van der Waals surface area (Å²) in [6.45, 7) is 7.94. The van der Waals surface area contributed by atoms with E-state index < -0.39 is 5.60 Å². The van der Waals surface area contributed by atoms with Crippen LogP contribution in [0, 0.1) is 0 Å². The number of rotatable bonds is 2. The van der Waals surface area contributed by atoms with Crippen molar-refractivity contribution in [2.24, 2.45) is 0 Å². The third-order valence-corrected chi connectivity index (χ3v) is 6.27. The summed E-state index contributed by atoms with van der Waals surface area (Å²) >= 11 is 0. The molecule has 2 aromatic heterocycles. The van der Waals surface area contributed by atoms with E-state index in [2.05, 4.69) is 64.6 Å². The maximum absolute atomic E-state index is 10.6. The summed E-state index contributed by atoms with van der Waals surface area (Å²) in [5, 5.41) is 10.6. The molecule has 1 aromatic carbocycles. The molecule has 1 N–H and O–H groups in total. The zero-order valence-electron chi connectivity index (χ0n) is 16.6. The van der Waals surface area contributed by atoms with Crippen molar-refractivity contribution < 1.29 is 5.11 Å². The zero-order valence-corrected chi connectivity index (χ0v) is 16.6. The lowest BCUT2D eigenvalue weighted by Crippen LogP contribution is -2.29. The summed E-state index contributed by atoms with van der Waals surface area (Å²) in [4.78, 5) is 6.82. The second-order valence-electron chi connectivity index (χ2n) is 8.49. The first-order valence-electron chi connectivity index (χ1n) is 9.76. The molecule has 4 heteroatoms. The standard InChI is InChI=1S/C24H25N3O/c1-16-20-8-6-14-27(20)21-15-17(9-10-19(21)24(11-12-24)26(16)4)18-7-5-13-25-22(18)23(2,3)28/h5-10,13-15,28H,1,11-12H2,2-4H3. The average Bonchev–Trinajstić information content (AvgIpc) is 3.35.